The molecule has 1 atom stereocenters. The van der Waals surface area contributed by atoms with E-state index >= 15 is 0 Å². The van der Waals surface area contributed by atoms with Crippen LogP contribution in [0.1, 0.15) is 23.1 Å². The Morgan fingerprint density at radius 1 is 1.43 bits per heavy atom. The molecule has 14 heavy (non-hydrogen) atoms. The third-order valence-corrected chi connectivity index (χ3v) is 3.17. The molecule has 1 aliphatic carbocycles. The maximum atomic E-state index is 10.0. The summed E-state index contributed by atoms with van der Waals surface area (Å²) in [7, 11) is 0. The lowest BCUT2D eigenvalue weighted by molar-refractivity contribution is -0.0249. The third-order valence-electron chi connectivity index (χ3n) is 3.17. The molecule has 0 radical (unpaired) electrons. The van der Waals surface area contributed by atoms with E-state index in [0.29, 0.717) is 12.8 Å². The van der Waals surface area contributed by atoms with Crippen LogP contribution in [0.25, 0.3) is 0 Å². The minimum Gasteiger partial charge on any atom is -0.393 e. The molecule has 2 rings (SSSR count). The molecular formula is C12H16O2. The summed E-state index contributed by atoms with van der Waals surface area (Å²) < 4.78 is 0. The molecule has 1 aliphatic rings. The van der Waals surface area contributed by atoms with Gasteiger partial charge in [0.25, 0.3) is 0 Å². The highest BCUT2D eigenvalue weighted by molar-refractivity contribution is 5.37. The summed E-state index contributed by atoms with van der Waals surface area (Å²) in [6.07, 6.45) is 2.12. The molecule has 0 saturated carbocycles. The number of rotatable bonds is 1. The smallest absolute Gasteiger partial charge is 0.0920 e. The first kappa shape index (κ1) is 9.69. The van der Waals surface area contributed by atoms with Gasteiger partial charge in [-0.05, 0) is 36.5 Å². The number of benzene rings is 1. The maximum absolute atomic E-state index is 10.0. The standard InChI is InChI=1S/C12H16O2/c1-9-3-2-4-10-5-6-12(14,8-13)7-11(9)10/h2-4,13-14H,5-8H2,1H3. The minimum absolute atomic E-state index is 0.138. The monoisotopic (exact) mass is 192 g/mol. The molecule has 2 nitrogen and oxygen atoms in total. The fraction of sp³-hybridized carbons (Fsp3) is 0.500. The largest absolute Gasteiger partial charge is 0.393 e. The summed E-state index contributed by atoms with van der Waals surface area (Å²) in [6, 6.07) is 6.22. The summed E-state index contributed by atoms with van der Waals surface area (Å²) in [5.41, 5.74) is 2.87. The zero-order valence-electron chi connectivity index (χ0n) is 8.45. The molecule has 2 heteroatoms. The van der Waals surface area contributed by atoms with Gasteiger partial charge in [0.05, 0.1) is 12.2 Å². The van der Waals surface area contributed by atoms with E-state index < -0.39 is 5.60 Å². The van der Waals surface area contributed by atoms with Crippen molar-refractivity contribution in [2.75, 3.05) is 6.61 Å². The molecule has 0 amide bonds. The Kier molecular flexibility index (Phi) is 2.33. The summed E-state index contributed by atoms with van der Waals surface area (Å²) >= 11 is 0. The molecule has 1 aromatic carbocycles. The van der Waals surface area contributed by atoms with Gasteiger partial charge in [0, 0.05) is 6.42 Å². The van der Waals surface area contributed by atoms with Crippen molar-refractivity contribution >= 4 is 0 Å². The van der Waals surface area contributed by atoms with Crippen molar-refractivity contribution in [2.24, 2.45) is 0 Å². The third kappa shape index (κ3) is 1.56. The normalized spacial score (nSPS) is 25.9. The predicted octanol–water partition coefficient (Wildman–Crippen LogP) is 1.21. The Bertz CT molecular complexity index is 346. The molecule has 0 aromatic heterocycles. The minimum atomic E-state index is -0.890. The zero-order valence-corrected chi connectivity index (χ0v) is 8.45. The Morgan fingerprint density at radius 3 is 2.93 bits per heavy atom. The lowest BCUT2D eigenvalue weighted by Gasteiger charge is -2.32. The van der Waals surface area contributed by atoms with Crippen molar-refractivity contribution in [1.82, 2.24) is 0 Å². The average molecular weight is 192 g/mol. The van der Waals surface area contributed by atoms with Crippen molar-refractivity contribution in [3.63, 3.8) is 0 Å². The van der Waals surface area contributed by atoms with Crippen LogP contribution >= 0.6 is 0 Å². The highest BCUT2D eigenvalue weighted by Crippen LogP contribution is 2.30. The van der Waals surface area contributed by atoms with Crippen molar-refractivity contribution in [3.8, 4) is 0 Å². The van der Waals surface area contributed by atoms with Crippen LogP contribution in [-0.2, 0) is 12.8 Å². The lowest BCUT2D eigenvalue weighted by atomic mass is 9.79. The van der Waals surface area contributed by atoms with E-state index in [0.717, 1.165) is 6.42 Å². The zero-order chi connectivity index (χ0) is 10.2. The molecule has 0 aliphatic heterocycles. The van der Waals surface area contributed by atoms with Gasteiger partial charge in [-0.25, -0.2) is 0 Å². The van der Waals surface area contributed by atoms with Gasteiger partial charge in [-0.1, -0.05) is 18.2 Å². The van der Waals surface area contributed by atoms with Gasteiger partial charge in [0.2, 0.25) is 0 Å². The van der Waals surface area contributed by atoms with E-state index in [-0.39, 0.29) is 6.61 Å². The first-order valence-electron chi connectivity index (χ1n) is 5.05. The fourth-order valence-corrected chi connectivity index (χ4v) is 2.17. The summed E-state index contributed by atoms with van der Waals surface area (Å²) in [5.74, 6) is 0. The van der Waals surface area contributed by atoms with Gasteiger partial charge >= 0.3 is 0 Å². The number of aliphatic hydroxyl groups excluding tert-OH is 1. The number of hydrogen-bond donors (Lipinski definition) is 2. The second-order valence-electron chi connectivity index (χ2n) is 4.27. The van der Waals surface area contributed by atoms with Crippen LogP contribution in [0.4, 0.5) is 0 Å². The van der Waals surface area contributed by atoms with Crippen LogP contribution in [0.15, 0.2) is 18.2 Å². The highest BCUT2D eigenvalue weighted by atomic mass is 16.3. The molecule has 0 fully saturated rings. The molecule has 1 unspecified atom stereocenters. The average Bonchev–Trinajstić information content (AvgIpc) is 2.20. The van der Waals surface area contributed by atoms with Gasteiger partial charge in [-0.15, -0.1) is 0 Å². The molecule has 0 bridgehead atoms. The Balaban J connectivity index is 2.38. The van der Waals surface area contributed by atoms with E-state index in [2.05, 4.69) is 25.1 Å². The molecule has 1 aromatic rings. The van der Waals surface area contributed by atoms with Crippen LogP contribution in [0, 0.1) is 6.92 Å². The first-order valence-corrected chi connectivity index (χ1v) is 5.05. The van der Waals surface area contributed by atoms with Gasteiger partial charge in [-0.2, -0.15) is 0 Å². The van der Waals surface area contributed by atoms with Crippen LogP contribution in [-0.4, -0.2) is 22.4 Å². The Labute approximate surface area is 84.2 Å². The number of aryl methyl sites for hydroxylation is 2. The number of hydrogen-bond acceptors (Lipinski definition) is 2. The lowest BCUT2D eigenvalue weighted by Crippen LogP contribution is -2.39. The topological polar surface area (TPSA) is 40.5 Å². The molecular weight excluding hydrogens is 176 g/mol. The van der Waals surface area contributed by atoms with Crippen LogP contribution in [0.2, 0.25) is 0 Å². The Morgan fingerprint density at radius 2 is 2.21 bits per heavy atom. The number of aliphatic hydroxyl groups is 2. The second kappa shape index (κ2) is 3.37. The summed E-state index contributed by atoms with van der Waals surface area (Å²) in [6.45, 7) is 1.92. The summed E-state index contributed by atoms with van der Waals surface area (Å²) in [5, 5.41) is 19.1. The van der Waals surface area contributed by atoms with Crippen molar-refractivity contribution in [3.05, 3.63) is 34.9 Å². The van der Waals surface area contributed by atoms with E-state index in [1.54, 1.807) is 0 Å². The van der Waals surface area contributed by atoms with Crippen LogP contribution in [0.3, 0.4) is 0 Å². The van der Waals surface area contributed by atoms with Crippen LogP contribution < -0.4 is 0 Å². The molecule has 0 heterocycles. The fourth-order valence-electron chi connectivity index (χ4n) is 2.17. The predicted molar refractivity (Wildman–Crippen MR) is 55.2 cm³/mol. The molecule has 2 N–H and O–H groups in total. The van der Waals surface area contributed by atoms with Gasteiger partial charge in [-0.3, -0.25) is 0 Å². The highest BCUT2D eigenvalue weighted by Gasteiger charge is 2.31. The van der Waals surface area contributed by atoms with E-state index in [4.69, 9.17) is 5.11 Å². The van der Waals surface area contributed by atoms with Gasteiger partial charge < -0.3 is 10.2 Å². The molecule has 76 valence electrons. The van der Waals surface area contributed by atoms with Gasteiger partial charge in [0.15, 0.2) is 0 Å². The summed E-state index contributed by atoms with van der Waals surface area (Å²) in [4.78, 5) is 0. The SMILES string of the molecule is Cc1cccc2c1CC(O)(CO)CC2. The van der Waals surface area contributed by atoms with Crippen molar-refractivity contribution in [1.29, 1.82) is 0 Å². The van der Waals surface area contributed by atoms with Gasteiger partial charge in [0.1, 0.15) is 0 Å². The number of fused-ring (bicyclic) bond motifs is 1. The molecule has 0 spiro atoms. The van der Waals surface area contributed by atoms with Crippen molar-refractivity contribution in [2.45, 2.75) is 31.8 Å². The second-order valence-corrected chi connectivity index (χ2v) is 4.27. The van der Waals surface area contributed by atoms with Crippen LogP contribution in [0.5, 0.6) is 0 Å². The first-order chi connectivity index (χ1) is 6.64. The molecule has 0 saturated heterocycles. The quantitative estimate of drug-likeness (QED) is 0.702. The van der Waals surface area contributed by atoms with E-state index in [1.165, 1.54) is 16.7 Å². The van der Waals surface area contributed by atoms with E-state index in [1.807, 2.05) is 0 Å². The van der Waals surface area contributed by atoms with Crippen molar-refractivity contribution < 1.29 is 10.2 Å². The van der Waals surface area contributed by atoms with E-state index in [9.17, 15) is 5.11 Å². The Hall–Kier alpha value is -0.860. The maximum Gasteiger partial charge on any atom is 0.0920 e.